The van der Waals surface area contributed by atoms with E-state index in [0.717, 1.165) is 48.9 Å². The van der Waals surface area contributed by atoms with Crippen LogP contribution in [0.25, 0.3) is 0 Å². The van der Waals surface area contributed by atoms with Crippen molar-refractivity contribution in [2.75, 3.05) is 46.5 Å². The Labute approximate surface area is 257 Å². The molecule has 42 heavy (non-hydrogen) atoms. The van der Waals surface area contributed by atoms with E-state index in [-0.39, 0.29) is 31.3 Å². The highest BCUT2D eigenvalue weighted by Crippen LogP contribution is 2.67. The molecule has 0 spiro atoms. The summed E-state index contributed by atoms with van der Waals surface area (Å²) in [4.78, 5) is 23.4. The van der Waals surface area contributed by atoms with Crippen LogP contribution < -0.4 is 4.89 Å². The molecule has 1 unspecified atom stereocenters. The molecule has 8 heteroatoms. The first-order valence-corrected chi connectivity index (χ1v) is 18.7. The van der Waals surface area contributed by atoms with E-state index in [1.54, 1.807) is 0 Å². The number of likely N-dealkylation sites (N-methyl/N-ethyl adjacent to an activating group) is 1. The summed E-state index contributed by atoms with van der Waals surface area (Å²) in [6, 6.07) is 0. The molecule has 0 bridgehead atoms. The molecule has 0 saturated heterocycles. The lowest BCUT2D eigenvalue weighted by Crippen LogP contribution is -2.51. The van der Waals surface area contributed by atoms with E-state index in [0.29, 0.717) is 41.9 Å². The summed E-state index contributed by atoms with van der Waals surface area (Å²) in [7, 11) is -2.30. The highest BCUT2D eigenvalue weighted by molar-refractivity contribution is 7.52. The van der Waals surface area contributed by atoms with Crippen molar-refractivity contribution in [1.82, 2.24) is 0 Å². The van der Waals surface area contributed by atoms with E-state index in [4.69, 9.17) is 9.05 Å². The minimum atomic E-state index is -4.20. The smallest absolute Gasteiger partial charge is 0.377 e. The SMILES string of the molecule is CC(C)CCC[C@@H](C)[C@H]1CC[C@H]2[C@@H]3CC=C4C[C@@H](O[P+]([O-])(O)OCC[N+](C)(CCO)CCO)CC[C@]4(C)[C@H]3CC[C@]12C. The normalized spacial score (nSPS) is 37.0. The van der Waals surface area contributed by atoms with Crippen molar-refractivity contribution in [3.05, 3.63) is 11.6 Å². The molecule has 3 saturated carbocycles. The predicted octanol–water partition coefficient (Wildman–Crippen LogP) is 5.89. The van der Waals surface area contributed by atoms with Gasteiger partial charge in [-0.15, -0.1) is 0 Å². The molecular weight excluding hydrogens is 549 g/mol. The second kappa shape index (κ2) is 14.1. The van der Waals surface area contributed by atoms with Gasteiger partial charge in [0, 0.05) is 0 Å². The fraction of sp³-hybridized carbons (Fsp3) is 0.941. The van der Waals surface area contributed by atoms with Gasteiger partial charge in [0.15, 0.2) is 0 Å². The molecule has 9 atom stereocenters. The molecule has 0 aromatic heterocycles. The van der Waals surface area contributed by atoms with Crippen molar-refractivity contribution < 1.29 is 33.5 Å². The van der Waals surface area contributed by atoms with Crippen LogP contribution in [0.4, 0.5) is 0 Å². The summed E-state index contributed by atoms with van der Waals surface area (Å²) in [5.74, 6) is 4.78. The summed E-state index contributed by atoms with van der Waals surface area (Å²) >= 11 is 0. The molecule has 4 aliphatic carbocycles. The Kier molecular flexibility index (Phi) is 11.7. The lowest BCUT2D eigenvalue weighted by Gasteiger charge is -2.58. The van der Waals surface area contributed by atoms with Crippen LogP contribution in [0.3, 0.4) is 0 Å². The third-order valence-corrected chi connectivity index (χ3v) is 13.8. The first kappa shape index (κ1) is 34.8. The average Bonchev–Trinajstić information content (AvgIpc) is 3.26. The topological polar surface area (TPSA) is 102 Å². The molecule has 0 aromatic rings. The molecule has 3 N–H and O–H groups in total. The molecular formula is C34H63NO6P+. The van der Waals surface area contributed by atoms with E-state index in [2.05, 4.69) is 40.7 Å². The minimum Gasteiger partial charge on any atom is -0.606 e. The van der Waals surface area contributed by atoms with Gasteiger partial charge in [0.25, 0.3) is 0 Å². The van der Waals surface area contributed by atoms with Crippen LogP contribution in [-0.2, 0) is 9.05 Å². The van der Waals surface area contributed by atoms with Crippen LogP contribution in [0.5, 0.6) is 0 Å². The first-order chi connectivity index (χ1) is 19.8. The van der Waals surface area contributed by atoms with Gasteiger partial charge in [-0.2, -0.15) is 13.9 Å². The zero-order valence-electron chi connectivity index (χ0n) is 27.6. The number of hydrogen-bond acceptors (Lipinski definition) is 6. The number of phosphoric ester groups is 1. The number of allylic oxidation sites excluding steroid dienone is 1. The molecule has 3 fully saturated rings. The summed E-state index contributed by atoms with van der Waals surface area (Å²) in [5, 5.41) is 18.7. The van der Waals surface area contributed by atoms with Gasteiger partial charge in [0.2, 0.25) is 0 Å². The maximum Gasteiger partial charge on any atom is 0.377 e. The Morgan fingerprint density at radius 1 is 1.00 bits per heavy atom. The fourth-order valence-electron chi connectivity index (χ4n) is 10.2. The van der Waals surface area contributed by atoms with Gasteiger partial charge in [-0.25, -0.2) is 0 Å². The van der Waals surface area contributed by atoms with E-state index in [1.165, 1.54) is 50.5 Å². The number of aliphatic hydroxyl groups excluding tert-OH is 2. The lowest BCUT2D eigenvalue weighted by atomic mass is 9.47. The first-order valence-electron chi connectivity index (χ1n) is 17.2. The largest absolute Gasteiger partial charge is 0.606 e. The maximum atomic E-state index is 12.9. The van der Waals surface area contributed by atoms with Crippen molar-refractivity contribution in [2.24, 2.45) is 46.3 Å². The zero-order valence-corrected chi connectivity index (χ0v) is 28.5. The molecule has 0 aliphatic heterocycles. The zero-order chi connectivity index (χ0) is 30.8. The van der Waals surface area contributed by atoms with Gasteiger partial charge in [-0.1, -0.05) is 65.5 Å². The molecule has 4 aliphatic rings. The number of phosphoric acid groups is 1. The van der Waals surface area contributed by atoms with Crippen LogP contribution in [0.2, 0.25) is 0 Å². The van der Waals surface area contributed by atoms with Crippen molar-refractivity contribution in [3.8, 4) is 0 Å². The van der Waals surface area contributed by atoms with Gasteiger partial charge in [-0.3, -0.25) is 0 Å². The van der Waals surface area contributed by atoms with Crippen LogP contribution in [0.1, 0.15) is 105 Å². The van der Waals surface area contributed by atoms with Crippen LogP contribution in [-0.4, -0.2) is 72.2 Å². The van der Waals surface area contributed by atoms with E-state index < -0.39 is 8.17 Å². The molecule has 4 rings (SSSR count). The monoisotopic (exact) mass is 612 g/mol. The predicted molar refractivity (Wildman–Crippen MR) is 168 cm³/mol. The maximum absolute atomic E-state index is 12.9. The second-order valence-corrected chi connectivity index (χ2v) is 17.2. The van der Waals surface area contributed by atoms with Gasteiger partial charge >= 0.3 is 8.17 Å². The number of fused-ring (bicyclic) bond motifs is 5. The number of nitrogens with zero attached hydrogens (tertiary/aromatic N) is 1. The number of hydrogen-bond donors (Lipinski definition) is 3. The summed E-state index contributed by atoms with van der Waals surface area (Å²) in [5.41, 5.74) is 2.08. The van der Waals surface area contributed by atoms with Crippen LogP contribution in [0, 0.1) is 46.3 Å². The van der Waals surface area contributed by atoms with E-state index in [1.807, 2.05) is 7.05 Å². The minimum absolute atomic E-state index is 0.0142. The highest BCUT2D eigenvalue weighted by Gasteiger charge is 2.59. The van der Waals surface area contributed by atoms with Gasteiger partial charge in [-0.05, 0) is 97.7 Å². The Morgan fingerprint density at radius 3 is 2.38 bits per heavy atom. The van der Waals surface area contributed by atoms with E-state index >= 15 is 0 Å². The third-order valence-electron chi connectivity index (χ3n) is 12.7. The Balaban J connectivity index is 1.34. The van der Waals surface area contributed by atoms with Crippen molar-refractivity contribution >= 4 is 8.17 Å². The molecule has 0 heterocycles. The number of quaternary nitrogens is 1. The molecule has 244 valence electrons. The Hall–Kier alpha value is -0.110. The molecule has 0 radical (unpaired) electrons. The number of rotatable bonds is 15. The van der Waals surface area contributed by atoms with Crippen LogP contribution in [0.15, 0.2) is 11.6 Å². The fourth-order valence-corrected chi connectivity index (χ4v) is 11.1. The van der Waals surface area contributed by atoms with Crippen LogP contribution >= 0.6 is 8.17 Å². The quantitative estimate of drug-likeness (QED) is 0.121. The van der Waals surface area contributed by atoms with Gasteiger partial charge < -0.3 is 19.6 Å². The average molecular weight is 613 g/mol. The summed E-state index contributed by atoms with van der Waals surface area (Å²) < 4.78 is 11.5. The van der Waals surface area contributed by atoms with Crippen molar-refractivity contribution in [3.63, 3.8) is 0 Å². The molecule has 7 nitrogen and oxygen atoms in total. The van der Waals surface area contributed by atoms with Gasteiger partial charge in [0.1, 0.15) is 32.3 Å². The number of aliphatic hydroxyl groups is 2. The second-order valence-electron chi connectivity index (χ2n) is 15.8. The van der Waals surface area contributed by atoms with E-state index in [9.17, 15) is 20.0 Å². The lowest BCUT2D eigenvalue weighted by molar-refractivity contribution is -0.910. The summed E-state index contributed by atoms with van der Waals surface area (Å²) in [6.07, 6.45) is 15.4. The van der Waals surface area contributed by atoms with Crippen molar-refractivity contribution in [2.45, 2.75) is 111 Å². The third kappa shape index (κ3) is 7.64. The summed E-state index contributed by atoms with van der Waals surface area (Å²) in [6.45, 7) is 13.7. The molecule has 0 amide bonds. The van der Waals surface area contributed by atoms with Crippen molar-refractivity contribution in [1.29, 1.82) is 0 Å². The Bertz CT molecular complexity index is 906. The van der Waals surface area contributed by atoms with Gasteiger partial charge in [0.05, 0.1) is 20.3 Å². The standard InChI is InChI=1S/C34H62NO6P/c1-25(2)8-7-9-26(3)30-12-13-31-29-11-10-27-24-28(14-16-33(27,4)32(29)15-17-34(30,31)5)41-42(38,39)40-23-20-35(6,18-21-36)19-22-37/h10,25-26,28-32,36-37H,7-9,11-24H2,1-6H3/p+1/t26-,28+,29+,30-,31+,32+,33+,34-/m1/s1. The molecule has 0 aromatic carbocycles. The Morgan fingerprint density at radius 2 is 1.71 bits per heavy atom. The highest BCUT2D eigenvalue weighted by atomic mass is 31.2.